The standard InChI is InChI=1S/2C14H17.2CH3.2ClH.Si.Zr/c2*1-9(2)14-11(4)8-13-10(3)6-5-7-12(13)14;;;;;;/h2*5-9H,1-4H3;2*1H3;2*1H;;/q4*-1;;;;. The molecule has 0 amide bonds. The molecule has 0 aliphatic rings. The fourth-order valence-electron chi connectivity index (χ4n) is 4.76. The van der Waals surface area contributed by atoms with Crippen LogP contribution in [0.5, 0.6) is 0 Å². The Kier molecular flexibility index (Phi) is 18.8. The average molecular weight is 593 g/mol. The fourth-order valence-corrected chi connectivity index (χ4v) is 4.76. The molecule has 0 saturated heterocycles. The Balaban J connectivity index is -0.000000475. The molecule has 0 aliphatic heterocycles. The van der Waals surface area contributed by atoms with Gasteiger partial charge in [-0.05, 0) is 0 Å². The SMILES string of the molecule is Cc1[cH-]c2c(C)cccc2c1C(C)C.Cc1[cH-]c2c(C)cccc2c1C(C)C.Cl.Cl.[CH3-].[CH3-].[Si]=[Zr]. The fraction of sp³-hybridized carbons (Fsp3) is 0.333. The Morgan fingerprint density at radius 1 is 0.618 bits per heavy atom. The van der Waals surface area contributed by atoms with E-state index >= 15 is 0 Å². The topological polar surface area (TPSA) is 0 Å². The molecule has 0 heterocycles. The first kappa shape index (κ1) is 37.9. The molecule has 0 atom stereocenters. The van der Waals surface area contributed by atoms with E-state index in [-0.39, 0.29) is 39.7 Å². The van der Waals surface area contributed by atoms with Gasteiger partial charge in [0.2, 0.25) is 0 Å². The van der Waals surface area contributed by atoms with Crippen LogP contribution in [0.1, 0.15) is 72.9 Å². The van der Waals surface area contributed by atoms with Crippen LogP contribution in [-0.4, -0.2) is 6.88 Å². The number of rotatable bonds is 2. The van der Waals surface area contributed by atoms with E-state index < -0.39 is 0 Å². The number of hydrogen-bond acceptors (Lipinski definition) is 0. The summed E-state index contributed by atoms with van der Waals surface area (Å²) >= 11 is 1.36. The van der Waals surface area contributed by atoms with E-state index in [1.165, 1.54) is 78.3 Å². The number of aryl methyl sites for hydroxylation is 4. The van der Waals surface area contributed by atoms with E-state index in [2.05, 4.69) is 111 Å². The number of halogens is 2. The van der Waals surface area contributed by atoms with Gasteiger partial charge in [0.25, 0.3) is 0 Å². The number of fused-ring (bicyclic) bond motifs is 2. The molecular weight excluding hydrogens is 551 g/mol. The maximum absolute atomic E-state index is 3.06. The Morgan fingerprint density at radius 3 is 1.18 bits per heavy atom. The molecule has 4 rings (SSSR count). The van der Waals surface area contributed by atoms with Crippen LogP contribution in [0, 0.1) is 42.5 Å². The van der Waals surface area contributed by atoms with Crippen molar-refractivity contribution in [3.05, 3.63) is 96.8 Å². The van der Waals surface area contributed by atoms with Gasteiger partial charge in [-0.3, -0.25) is 0 Å². The summed E-state index contributed by atoms with van der Waals surface area (Å²) in [7, 11) is 0. The summed E-state index contributed by atoms with van der Waals surface area (Å²) in [6.45, 7) is 20.9. The minimum atomic E-state index is 0. The van der Waals surface area contributed by atoms with E-state index in [1.807, 2.05) is 0 Å². The summed E-state index contributed by atoms with van der Waals surface area (Å²) in [6.07, 6.45) is 0. The van der Waals surface area contributed by atoms with Crippen molar-refractivity contribution in [2.75, 3.05) is 0 Å². The molecule has 0 aliphatic carbocycles. The van der Waals surface area contributed by atoms with E-state index in [4.69, 9.17) is 0 Å². The van der Waals surface area contributed by atoms with Crippen molar-refractivity contribution in [1.29, 1.82) is 0 Å². The summed E-state index contributed by atoms with van der Waals surface area (Å²) in [6, 6.07) is 17.8. The summed E-state index contributed by atoms with van der Waals surface area (Å²) in [5, 5.41) is 5.73. The second-order valence-corrected chi connectivity index (χ2v) is 8.86. The van der Waals surface area contributed by atoms with E-state index in [1.54, 1.807) is 0 Å². The molecular formula is C30H42Cl2SiZr-4. The molecule has 188 valence electrons. The van der Waals surface area contributed by atoms with Gasteiger partial charge in [0.15, 0.2) is 0 Å². The van der Waals surface area contributed by atoms with E-state index in [0.29, 0.717) is 11.8 Å². The van der Waals surface area contributed by atoms with Crippen LogP contribution in [0.3, 0.4) is 0 Å². The third-order valence-corrected chi connectivity index (χ3v) is 5.95. The quantitative estimate of drug-likeness (QED) is 0.161. The van der Waals surface area contributed by atoms with Crippen molar-refractivity contribution < 1.29 is 23.3 Å². The number of benzene rings is 2. The third kappa shape index (κ3) is 8.19. The van der Waals surface area contributed by atoms with Gasteiger partial charge in [-0.25, -0.2) is 0 Å². The maximum atomic E-state index is 3.06. The normalized spacial score (nSPS) is 9.56. The molecule has 0 nitrogen and oxygen atoms in total. The van der Waals surface area contributed by atoms with Gasteiger partial charge < -0.3 is 14.9 Å². The Hall–Kier alpha value is -0.660. The molecule has 0 spiro atoms. The van der Waals surface area contributed by atoms with Crippen molar-refractivity contribution in [3.63, 3.8) is 0 Å². The van der Waals surface area contributed by atoms with Crippen molar-refractivity contribution in [3.8, 4) is 0 Å². The van der Waals surface area contributed by atoms with Crippen LogP contribution >= 0.6 is 24.8 Å². The van der Waals surface area contributed by atoms with Crippen LogP contribution in [0.25, 0.3) is 21.5 Å². The molecule has 34 heavy (non-hydrogen) atoms. The van der Waals surface area contributed by atoms with Crippen molar-refractivity contribution >= 4 is 53.2 Å². The van der Waals surface area contributed by atoms with Gasteiger partial charge in [-0.2, -0.15) is 0 Å². The van der Waals surface area contributed by atoms with Gasteiger partial charge in [0, 0.05) is 0 Å². The second-order valence-electron chi connectivity index (χ2n) is 8.86. The first-order valence-corrected chi connectivity index (χ1v) is 15.0. The summed E-state index contributed by atoms with van der Waals surface area (Å²) in [5.74, 6) is 1.24. The molecule has 2 radical (unpaired) electrons. The second kappa shape index (κ2) is 16.9. The zero-order chi connectivity index (χ0) is 22.6. The molecule has 4 heteroatoms. The molecule has 0 unspecified atom stereocenters. The van der Waals surface area contributed by atoms with E-state index in [0.717, 1.165) is 0 Å². The molecule has 0 N–H and O–H groups in total. The van der Waals surface area contributed by atoms with E-state index in [9.17, 15) is 0 Å². The zero-order valence-corrected chi connectivity index (χ0v) is 27.7. The number of hydrogen-bond donors (Lipinski definition) is 0. The van der Waals surface area contributed by atoms with Gasteiger partial charge in [-0.1, -0.05) is 79.4 Å². The third-order valence-electron chi connectivity index (χ3n) is 5.95. The molecule has 0 saturated carbocycles. The van der Waals surface area contributed by atoms with Crippen LogP contribution in [-0.2, 0) is 23.3 Å². The molecule has 4 aromatic carbocycles. The predicted molar refractivity (Wildman–Crippen MR) is 159 cm³/mol. The van der Waals surface area contributed by atoms with Gasteiger partial charge in [0.1, 0.15) is 0 Å². The van der Waals surface area contributed by atoms with Crippen molar-refractivity contribution in [2.24, 2.45) is 0 Å². The Labute approximate surface area is 239 Å². The van der Waals surface area contributed by atoms with Crippen molar-refractivity contribution in [2.45, 2.75) is 67.2 Å². The summed E-state index contributed by atoms with van der Waals surface area (Å²) in [4.78, 5) is 0. The summed E-state index contributed by atoms with van der Waals surface area (Å²) < 4.78 is 0. The zero-order valence-electron chi connectivity index (χ0n) is 22.6. The van der Waals surface area contributed by atoms with Crippen LogP contribution < -0.4 is 0 Å². The van der Waals surface area contributed by atoms with Crippen molar-refractivity contribution in [1.82, 2.24) is 0 Å². The van der Waals surface area contributed by atoms with Gasteiger partial charge >= 0.3 is 30.2 Å². The van der Waals surface area contributed by atoms with Crippen LogP contribution in [0.15, 0.2) is 48.5 Å². The van der Waals surface area contributed by atoms with Gasteiger partial charge in [-0.15, -0.1) is 116 Å². The summed E-state index contributed by atoms with van der Waals surface area (Å²) in [5.41, 5.74) is 8.68. The average Bonchev–Trinajstić information content (AvgIpc) is 3.21. The molecule has 0 aromatic heterocycles. The molecule has 4 aromatic rings. The Morgan fingerprint density at radius 2 is 0.912 bits per heavy atom. The van der Waals surface area contributed by atoms with Crippen LogP contribution in [0.2, 0.25) is 0 Å². The molecule has 0 fully saturated rings. The predicted octanol–water partition coefficient (Wildman–Crippen LogP) is 9.96. The first-order chi connectivity index (χ1) is 14.2. The van der Waals surface area contributed by atoms with Crippen LogP contribution in [0.4, 0.5) is 0 Å². The van der Waals surface area contributed by atoms with Gasteiger partial charge in [0.05, 0.1) is 0 Å². The monoisotopic (exact) mass is 590 g/mol. The molecule has 0 bridgehead atoms. The first-order valence-electron chi connectivity index (χ1n) is 10.8. The minimum absolute atomic E-state index is 0. The Bertz CT molecular complexity index is 1050.